The molecule has 43 heavy (non-hydrogen) atoms. The molecule has 3 aromatic carbocycles. The minimum Gasteiger partial charge on any atom is -0.445 e. The normalized spacial score (nSPS) is 20.7. The van der Waals surface area contributed by atoms with Gasteiger partial charge in [-0.25, -0.2) is 4.79 Å². The molecule has 1 saturated carbocycles. The van der Waals surface area contributed by atoms with Crippen molar-refractivity contribution >= 4 is 12.0 Å². The SMILES string of the molecule is C#CCN(C(=O)OCc1ccc(C)cc1)C1CCN(C[C@H]2CC(N(C)C(=O)c3ccccc3)C[C@@H]2c2ccccc2)CC1. The highest BCUT2D eigenvalue weighted by Crippen LogP contribution is 2.42. The number of benzene rings is 3. The van der Waals surface area contributed by atoms with E-state index < -0.39 is 0 Å². The van der Waals surface area contributed by atoms with E-state index in [1.165, 1.54) is 11.1 Å². The molecule has 0 radical (unpaired) electrons. The molecule has 2 aliphatic rings. The molecule has 0 aromatic heterocycles. The van der Waals surface area contributed by atoms with E-state index in [0.29, 0.717) is 11.8 Å². The Hall–Kier alpha value is -4.08. The minimum atomic E-state index is -0.342. The number of likely N-dealkylation sites (tertiary alicyclic amines) is 1. The largest absolute Gasteiger partial charge is 0.445 e. The van der Waals surface area contributed by atoms with Gasteiger partial charge in [0.05, 0.1) is 6.54 Å². The molecular weight excluding hydrogens is 534 g/mol. The van der Waals surface area contributed by atoms with Gasteiger partial charge < -0.3 is 14.5 Å². The number of aryl methyl sites for hydroxylation is 1. The predicted octanol–water partition coefficient (Wildman–Crippen LogP) is 6.37. The first kappa shape index (κ1) is 30.4. The summed E-state index contributed by atoms with van der Waals surface area (Å²) >= 11 is 0. The molecule has 2 fully saturated rings. The number of carbonyl (C=O) groups excluding carboxylic acids is 2. The highest BCUT2D eigenvalue weighted by atomic mass is 16.6. The number of hydrogen-bond donors (Lipinski definition) is 0. The van der Waals surface area contributed by atoms with Crippen LogP contribution in [0.15, 0.2) is 84.9 Å². The van der Waals surface area contributed by atoms with Crippen LogP contribution in [0.2, 0.25) is 0 Å². The fourth-order valence-electron chi connectivity index (χ4n) is 6.77. The maximum Gasteiger partial charge on any atom is 0.411 e. The number of hydrogen-bond acceptors (Lipinski definition) is 4. The number of amides is 2. The third kappa shape index (κ3) is 7.66. The molecule has 3 atom stereocenters. The van der Waals surface area contributed by atoms with Crippen LogP contribution in [0.25, 0.3) is 0 Å². The summed E-state index contributed by atoms with van der Waals surface area (Å²) in [5.41, 5.74) is 4.22. The van der Waals surface area contributed by atoms with Gasteiger partial charge in [0.2, 0.25) is 0 Å². The van der Waals surface area contributed by atoms with Crippen LogP contribution in [0.3, 0.4) is 0 Å². The molecule has 0 N–H and O–H groups in total. The first-order valence-electron chi connectivity index (χ1n) is 15.4. The Morgan fingerprint density at radius 2 is 1.56 bits per heavy atom. The lowest BCUT2D eigenvalue weighted by molar-refractivity contribution is 0.0629. The Balaban J connectivity index is 1.19. The number of carbonyl (C=O) groups is 2. The number of ether oxygens (including phenoxy) is 1. The van der Waals surface area contributed by atoms with Crippen LogP contribution in [-0.4, -0.2) is 72.0 Å². The van der Waals surface area contributed by atoms with Gasteiger partial charge in [0.1, 0.15) is 6.61 Å². The van der Waals surface area contributed by atoms with E-state index in [0.717, 1.165) is 56.4 Å². The van der Waals surface area contributed by atoms with Gasteiger partial charge in [-0.2, -0.15) is 0 Å². The topological polar surface area (TPSA) is 53.1 Å². The Morgan fingerprint density at radius 3 is 2.21 bits per heavy atom. The smallest absolute Gasteiger partial charge is 0.411 e. The third-order valence-electron chi connectivity index (χ3n) is 9.26. The quantitative estimate of drug-likeness (QED) is 0.278. The van der Waals surface area contributed by atoms with Crippen molar-refractivity contribution in [2.75, 3.05) is 33.2 Å². The molecule has 3 aromatic rings. The van der Waals surface area contributed by atoms with E-state index in [9.17, 15) is 9.59 Å². The molecular formula is C37H43N3O3. The van der Waals surface area contributed by atoms with E-state index in [-0.39, 0.29) is 37.2 Å². The van der Waals surface area contributed by atoms with E-state index in [1.807, 2.05) is 73.5 Å². The molecule has 1 aliphatic carbocycles. The lowest BCUT2D eigenvalue weighted by Gasteiger charge is -2.38. The molecule has 6 heteroatoms. The molecule has 5 rings (SSSR count). The Bertz CT molecular complexity index is 1380. The molecule has 1 saturated heterocycles. The predicted molar refractivity (Wildman–Crippen MR) is 171 cm³/mol. The summed E-state index contributed by atoms with van der Waals surface area (Å²) in [5.74, 6) is 3.58. The Morgan fingerprint density at radius 1 is 0.907 bits per heavy atom. The molecule has 1 unspecified atom stereocenters. The van der Waals surface area contributed by atoms with Gasteiger partial charge >= 0.3 is 6.09 Å². The van der Waals surface area contributed by atoms with E-state index in [4.69, 9.17) is 11.2 Å². The van der Waals surface area contributed by atoms with Gasteiger partial charge in [-0.15, -0.1) is 6.42 Å². The molecule has 224 valence electrons. The van der Waals surface area contributed by atoms with Gasteiger partial charge in [-0.05, 0) is 67.7 Å². The van der Waals surface area contributed by atoms with E-state index in [1.54, 1.807) is 4.90 Å². The summed E-state index contributed by atoms with van der Waals surface area (Å²) < 4.78 is 5.66. The van der Waals surface area contributed by atoms with Crippen LogP contribution < -0.4 is 0 Å². The monoisotopic (exact) mass is 577 g/mol. The minimum absolute atomic E-state index is 0.0636. The van der Waals surface area contributed by atoms with Crippen molar-refractivity contribution in [2.24, 2.45) is 5.92 Å². The summed E-state index contributed by atoms with van der Waals surface area (Å²) in [5, 5.41) is 0. The molecule has 2 amide bonds. The Kier molecular flexibility index (Phi) is 10.2. The second-order valence-electron chi connectivity index (χ2n) is 12.1. The van der Waals surface area contributed by atoms with Crippen molar-refractivity contribution in [3.63, 3.8) is 0 Å². The zero-order chi connectivity index (χ0) is 30.2. The Labute approximate surface area is 256 Å². The standard InChI is InChI=1S/C37H43N3O3/c1-4-21-40(37(42)43-27-29-17-15-28(2)16-18-29)33-19-22-39(23-20-33)26-32-24-34(25-35(32)30-11-7-5-8-12-30)38(3)36(41)31-13-9-6-10-14-31/h1,5-18,32-35H,19-27H2,2-3H3/t32-,34?,35-/m1/s1. The lowest BCUT2D eigenvalue weighted by atomic mass is 9.88. The van der Waals surface area contributed by atoms with Crippen LogP contribution in [0.4, 0.5) is 4.79 Å². The van der Waals surface area contributed by atoms with Crippen molar-refractivity contribution < 1.29 is 14.3 Å². The third-order valence-corrected chi connectivity index (χ3v) is 9.26. The van der Waals surface area contributed by atoms with E-state index >= 15 is 0 Å². The summed E-state index contributed by atoms with van der Waals surface area (Å²) in [6.45, 7) is 5.30. The average Bonchev–Trinajstić information content (AvgIpc) is 3.47. The average molecular weight is 578 g/mol. The second kappa shape index (κ2) is 14.4. The number of piperidine rings is 1. The van der Waals surface area contributed by atoms with Gasteiger partial charge in [-0.1, -0.05) is 84.3 Å². The summed E-state index contributed by atoms with van der Waals surface area (Å²) in [7, 11) is 1.95. The van der Waals surface area contributed by atoms with Crippen molar-refractivity contribution in [3.05, 3.63) is 107 Å². The summed E-state index contributed by atoms with van der Waals surface area (Å²) in [6.07, 6.45) is 8.98. The number of nitrogens with zero attached hydrogens (tertiary/aromatic N) is 3. The van der Waals surface area contributed by atoms with Gasteiger partial charge in [0.15, 0.2) is 0 Å². The van der Waals surface area contributed by atoms with E-state index in [2.05, 4.69) is 41.2 Å². The maximum absolute atomic E-state index is 13.3. The van der Waals surface area contributed by atoms with Gasteiger partial charge in [0.25, 0.3) is 5.91 Å². The van der Waals surface area contributed by atoms with Crippen molar-refractivity contribution in [3.8, 4) is 12.3 Å². The highest BCUT2D eigenvalue weighted by molar-refractivity contribution is 5.94. The first-order chi connectivity index (χ1) is 20.9. The van der Waals surface area contributed by atoms with Crippen molar-refractivity contribution in [1.82, 2.24) is 14.7 Å². The maximum atomic E-state index is 13.3. The zero-order valence-electron chi connectivity index (χ0n) is 25.4. The van der Waals surface area contributed by atoms with Crippen LogP contribution in [0.5, 0.6) is 0 Å². The van der Waals surface area contributed by atoms with Crippen LogP contribution in [0.1, 0.15) is 58.6 Å². The van der Waals surface area contributed by atoms with Gasteiger partial charge in [-0.3, -0.25) is 9.69 Å². The molecule has 0 spiro atoms. The summed E-state index contributed by atoms with van der Waals surface area (Å²) in [6, 6.07) is 28.6. The molecule has 6 nitrogen and oxygen atoms in total. The van der Waals surface area contributed by atoms with Crippen LogP contribution in [-0.2, 0) is 11.3 Å². The van der Waals surface area contributed by atoms with Crippen LogP contribution >= 0.6 is 0 Å². The highest BCUT2D eigenvalue weighted by Gasteiger charge is 2.40. The number of rotatable bonds is 9. The van der Waals surface area contributed by atoms with Gasteiger partial charge in [0, 0.05) is 44.3 Å². The molecule has 0 bridgehead atoms. The fraction of sp³-hybridized carbons (Fsp3) is 0.405. The molecule has 1 aliphatic heterocycles. The zero-order valence-corrected chi connectivity index (χ0v) is 25.4. The second-order valence-corrected chi connectivity index (χ2v) is 12.1. The lowest BCUT2D eigenvalue weighted by Crippen LogP contribution is -2.48. The van der Waals surface area contributed by atoms with Crippen molar-refractivity contribution in [1.29, 1.82) is 0 Å². The van der Waals surface area contributed by atoms with Crippen molar-refractivity contribution in [2.45, 2.75) is 57.2 Å². The summed E-state index contributed by atoms with van der Waals surface area (Å²) in [4.78, 5) is 32.5. The fourth-order valence-corrected chi connectivity index (χ4v) is 6.77. The first-order valence-corrected chi connectivity index (χ1v) is 15.4. The van der Waals surface area contributed by atoms with Crippen LogP contribution in [0, 0.1) is 25.2 Å². The molecule has 1 heterocycles. The number of terminal acetylenes is 1.